The molecule has 0 saturated heterocycles. The first-order chi connectivity index (χ1) is 14.3. The smallest absolute Gasteiger partial charge is 0.748 e. The summed E-state index contributed by atoms with van der Waals surface area (Å²) in [5.41, 5.74) is 0.744. The molecule has 0 unspecified atom stereocenters. The molecule has 0 amide bonds. The fourth-order valence-electron chi connectivity index (χ4n) is 1.91. The second-order valence-electron chi connectivity index (χ2n) is 5.50. The van der Waals surface area contributed by atoms with Gasteiger partial charge in [-0.3, -0.25) is 0 Å². The predicted molar refractivity (Wildman–Crippen MR) is 162 cm³/mol. The molecule has 0 radical (unpaired) electrons. The molecular weight excluding hydrogens is 1170 g/mol. The van der Waals surface area contributed by atoms with E-state index >= 15 is 0 Å². The minimum absolute atomic E-state index is 0. The first-order valence-corrected chi connectivity index (χ1v) is 18.3. The maximum Gasteiger partial charge on any atom is 2.00 e. The molecule has 0 N–H and O–H groups in total. The zero-order valence-corrected chi connectivity index (χ0v) is 34.9. The summed E-state index contributed by atoms with van der Waals surface area (Å²) in [4.78, 5) is 0. The summed E-state index contributed by atoms with van der Waals surface area (Å²) in [6.07, 6.45) is 0. The molecule has 6 nitrogen and oxygen atoms in total. The van der Waals surface area contributed by atoms with Crippen LogP contribution in [0.25, 0.3) is 0 Å². The van der Waals surface area contributed by atoms with Gasteiger partial charge in [-0.05, 0) is 170 Å². The van der Waals surface area contributed by atoms with Crippen LogP contribution in [0.5, 0.6) is 0 Å². The van der Waals surface area contributed by atoms with Crippen LogP contribution in [0.3, 0.4) is 0 Å². The van der Waals surface area contributed by atoms with E-state index in [1.807, 2.05) is 0 Å². The molecule has 2 rings (SSSR count). The van der Waals surface area contributed by atoms with Crippen molar-refractivity contribution in [1.82, 2.24) is 0 Å². The van der Waals surface area contributed by atoms with Crippen LogP contribution < -0.4 is 0 Å². The van der Waals surface area contributed by atoms with Gasteiger partial charge in [-0.2, -0.15) is 0 Å². The Kier molecular flexibility index (Phi) is 17.4. The standard InChI is InChI=1S/2C7H3Br5O3S.Ca/c2*8-3-2(1-16(13,14)15)4(9)6(11)7(12)5(3)10;/h2*1H2,(H,13,14,15);/q;;+2/p-2. The molecule has 180 valence electrons. The molecule has 2 aromatic rings. The SMILES string of the molecule is O=S(=O)([O-])Cc1c(Br)c(Br)c(Br)c(Br)c1Br.O=S(=O)([O-])Cc1c(Br)c(Br)c(Br)c(Br)c1Br.[Ca+2]. The molecule has 0 aliphatic carbocycles. The number of halogens is 10. The van der Waals surface area contributed by atoms with Crippen molar-refractivity contribution < 1.29 is 25.9 Å². The summed E-state index contributed by atoms with van der Waals surface area (Å²) in [6.45, 7) is 0. The number of rotatable bonds is 4. The third-order valence-electron chi connectivity index (χ3n) is 3.24. The van der Waals surface area contributed by atoms with Gasteiger partial charge in [0.2, 0.25) is 0 Å². The van der Waals surface area contributed by atoms with E-state index in [0.29, 0.717) is 46.9 Å². The summed E-state index contributed by atoms with van der Waals surface area (Å²) in [7, 11) is -8.67. The molecule has 0 heterocycles. The van der Waals surface area contributed by atoms with Crippen LogP contribution in [-0.4, -0.2) is 63.7 Å². The number of benzene rings is 2. The molecule has 0 fully saturated rings. The second kappa shape index (κ2) is 15.4. The van der Waals surface area contributed by atoms with Crippen molar-refractivity contribution in [1.29, 1.82) is 0 Å². The van der Waals surface area contributed by atoms with Crippen LogP contribution in [0.4, 0.5) is 0 Å². The van der Waals surface area contributed by atoms with Gasteiger partial charge in [-0.25, -0.2) is 16.8 Å². The van der Waals surface area contributed by atoms with Gasteiger partial charge < -0.3 is 9.11 Å². The minimum Gasteiger partial charge on any atom is -0.748 e. The monoisotopic (exact) mass is 1160 g/mol. The van der Waals surface area contributed by atoms with Crippen molar-refractivity contribution in [2.45, 2.75) is 11.5 Å². The third-order valence-corrected chi connectivity index (χ3v) is 17.0. The normalized spacial score (nSPS) is 11.5. The zero-order chi connectivity index (χ0) is 25.3. The Bertz CT molecular complexity index is 1130. The first kappa shape index (κ1) is 37.3. The van der Waals surface area contributed by atoms with Crippen LogP contribution in [-0.2, 0) is 31.7 Å². The first-order valence-electron chi connectivity index (χ1n) is 7.17. The van der Waals surface area contributed by atoms with Gasteiger partial charge >= 0.3 is 37.7 Å². The molecule has 2 aromatic carbocycles. The number of hydrogen-bond donors (Lipinski definition) is 0. The van der Waals surface area contributed by atoms with Crippen molar-refractivity contribution in [2.75, 3.05) is 0 Å². The maximum absolute atomic E-state index is 10.8. The van der Waals surface area contributed by atoms with Crippen LogP contribution in [0.15, 0.2) is 44.7 Å². The Labute approximate surface area is 304 Å². The van der Waals surface area contributed by atoms with Crippen molar-refractivity contribution in [3.63, 3.8) is 0 Å². The van der Waals surface area contributed by atoms with Gasteiger partial charge in [-0.1, -0.05) is 0 Å². The molecule has 19 heteroatoms. The van der Waals surface area contributed by atoms with Crippen molar-refractivity contribution in [3.05, 3.63) is 55.9 Å². The Hall–Kier alpha value is 4.32. The molecule has 0 aliphatic heterocycles. The summed E-state index contributed by atoms with van der Waals surface area (Å²) >= 11 is 32.7. The largest absolute Gasteiger partial charge is 2.00 e. The van der Waals surface area contributed by atoms with Gasteiger partial charge in [0.1, 0.15) is 0 Å². The summed E-state index contributed by atoms with van der Waals surface area (Å²) in [6, 6.07) is 0. The Balaban J connectivity index is 0.000000602. The maximum atomic E-state index is 10.8. The van der Waals surface area contributed by atoms with Crippen molar-refractivity contribution in [2.24, 2.45) is 0 Å². The molecule has 0 saturated carbocycles. The Morgan fingerprint density at radius 3 is 0.727 bits per heavy atom. The van der Waals surface area contributed by atoms with Crippen molar-refractivity contribution in [3.8, 4) is 0 Å². The van der Waals surface area contributed by atoms with Crippen LogP contribution in [0, 0.1) is 0 Å². The quantitative estimate of drug-likeness (QED) is 0.131. The topological polar surface area (TPSA) is 114 Å². The van der Waals surface area contributed by atoms with E-state index in [1.54, 1.807) is 0 Å². The van der Waals surface area contributed by atoms with Gasteiger partial charge in [0, 0.05) is 44.7 Å². The van der Waals surface area contributed by atoms with Gasteiger partial charge in [-0.15, -0.1) is 0 Å². The molecule has 0 aliphatic rings. The second-order valence-corrected chi connectivity index (χ2v) is 16.2. The summed E-state index contributed by atoms with van der Waals surface area (Å²) in [5.74, 6) is -1.17. The zero-order valence-electron chi connectivity index (χ0n) is 15.2. The van der Waals surface area contributed by atoms with E-state index in [9.17, 15) is 25.9 Å². The number of hydrogen-bond acceptors (Lipinski definition) is 6. The third kappa shape index (κ3) is 11.0. The molecule has 0 aromatic heterocycles. The molecule has 0 bridgehead atoms. The fourth-order valence-corrected chi connectivity index (χ4v) is 10.8. The summed E-state index contributed by atoms with van der Waals surface area (Å²) in [5, 5.41) is 0. The van der Waals surface area contributed by atoms with Crippen LogP contribution >= 0.6 is 159 Å². The van der Waals surface area contributed by atoms with Crippen molar-refractivity contribution >= 4 is 217 Å². The average Bonchev–Trinajstić information content (AvgIpc) is 2.67. The van der Waals surface area contributed by atoms with Gasteiger partial charge in [0.25, 0.3) is 0 Å². The van der Waals surface area contributed by atoms with E-state index in [-0.39, 0.29) is 37.7 Å². The van der Waals surface area contributed by atoms with E-state index in [1.165, 1.54) is 0 Å². The van der Waals surface area contributed by atoms with Crippen LogP contribution in [0.1, 0.15) is 11.1 Å². The summed E-state index contributed by atoms with van der Waals surface area (Å²) < 4.78 is 70.7. The fraction of sp³-hybridized carbons (Fsp3) is 0.143. The van der Waals surface area contributed by atoms with Gasteiger partial charge in [0.05, 0.1) is 31.7 Å². The Morgan fingerprint density at radius 2 is 0.576 bits per heavy atom. The van der Waals surface area contributed by atoms with Crippen LogP contribution in [0.2, 0.25) is 0 Å². The van der Waals surface area contributed by atoms with E-state index in [0.717, 1.165) is 8.95 Å². The molecule has 0 spiro atoms. The Morgan fingerprint density at radius 1 is 0.424 bits per heavy atom. The molecule has 33 heavy (non-hydrogen) atoms. The average molecular weight is 1170 g/mol. The molecule has 0 atom stereocenters. The van der Waals surface area contributed by atoms with Gasteiger partial charge in [0.15, 0.2) is 0 Å². The van der Waals surface area contributed by atoms with E-state index in [4.69, 9.17) is 0 Å². The minimum atomic E-state index is -4.34. The van der Waals surface area contributed by atoms with E-state index < -0.39 is 31.7 Å². The van der Waals surface area contributed by atoms with E-state index in [2.05, 4.69) is 159 Å². The predicted octanol–water partition coefficient (Wildman–Crippen LogP) is 8.71. The molecular formula is C14H4Br10CaO6S2.